The van der Waals surface area contributed by atoms with Crippen molar-refractivity contribution < 1.29 is 22.7 Å². The molecule has 5 nitrogen and oxygen atoms in total. The van der Waals surface area contributed by atoms with E-state index in [1.165, 1.54) is 12.4 Å². The molecule has 0 aromatic carbocycles. The van der Waals surface area contributed by atoms with Crippen molar-refractivity contribution in [3.05, 3.63) is 12.4 Å². The number of hydrogen-bond donors (Lipinski definition) is 1. The minimum absolute atomic E-state index is 0.318. The summed E-state index contributed by atoms with van der Waals surface area (Å²) in [5, 5.41) is 3.61. The Kier molecular flexibility index (Phi) is 3.17. The highest BCUT2D eigenvalue weighted by Crippen LogP contribution is 2.14. The van der Waals surface area contributed by atoms with E-state index in [1.807, 2.05) is 0 Å². The molecule has 84 valence electrons. The molecule has 0 aliphatic heterocycles. The van der Waals surface area contributed by atoms with Gasteiger partial charge in [0.2, 0.25) is 0 Å². The number of ether oxygens (including phenoxy) is 1. The van der Waals surface area contributed by atoms with Gasteiger partial charge in [-0.2, -0.15) is 18.3 Å². The molecule has 0 bridgehead atoms. The maximum Gasteiger partial charge on any atom is 0.422 e. The lowest BCUT2D eigenvalue weighted by Gasteiger charge is -2.07. The van der Waals surface area contributed by atoms with E-state index >= 15 is 0 Å². The molecule has 15 heavy (non-hydrogen) atoms. The van der Waals surface area contributed by atoms with Gasteiger partial charge in [0.25, 0.3) is 0 Å². The fourth-order valence-electron chi connectivity index (χ4n) is 0.806. The van der Waals surface area contributed by atoms with Gasteiger partial charge in [-0.05, 0) is 0 Å². The number of carbonyl (C=O) groups excluding carboxylic acids is 1. The summed E-state index contributed by atoms with van der Waals surface area (Å²) >= 11 is 0. The summed E-state index contributed by atoms with van der Waals surface area (Å²) in [6.45, 7) is -1.99. The highest BCUT2D eigenvalue weighted by atomic mass is 19.4. The average Bonchev–Trinajstić information content (AvgIpc) is 2.47. The number of nitrogens with two attached hydrogens (primary N) is 1. The largest absolute Gasteiger partial charge is 0.455 e. The second-order valence-corrected chi connectivity index (χ2v) is 2.75. The van der Waals surface area contributed by atoms with E-state index < -0.39 is 25.3 Å². The van der Waals surface area contributed by atoms with Gasteiger partial charge in [-0.25, -0.2) is 0 Å². The van der Waals surface area contributed by atoms with Crippen LogP contribution in [0.2, 0.25) is 0 Å². The molecule has 1 aromatic heterocycles. The Balaban J connectivity index is 2.37. The molecule has 0 saturated carbocycles. The van der Waals surface area contributed by atoms with Gasteiger partial charge in [-0.15, -0.1) is 0 Å². The minimum atomic E-state index is -4.52. The first kappa shape index (κ1) is 11.3. The molecule has 1 aromatic rings. The van der Waals surface area contributed by atoms with Gasteiger partial charge in [0.15, 0.2) is 6.61 Å². The SMILES string of the molecule is Nc1cnn(CC(=O)OCC(F)(F)F)c1. The van der Waals surface area contributed by atoms with Crippen LogP contribution in [0.3, 0.4) is 0 Å². The van der Waals surface area contributed by atoms with E-state index in [-0.39, 0.29) is 0 Å². The number of halogens is 3. The highest BCUT2D eigenvalue weighted by Gasteiger charge is 2.29. The van der Waals surface area contributed by atoms with E-state index in [0.717, 1.165) is 4.68 Å². The lowest BCUT2D eigenvalue weighted by Crippen LogP contribution is -2.23. The molecule has 2 N–H and O–H groups in total. The Bertz CT molecular complexity index is 347. The third-order valence-electron chi connectivity index (χ3n) is 1.34. The number of aromatic nitrogens is 2. The summed E-state index contributed by atoms with van der Waals surface area (Å²) in [6, 6.07) is 0. The highest BCUT2D eigenvalue weighted by molar-refractivity contribution is 5.69. The summed E-state index contributed by atoms with van der Waals surface area (Å²) in [5.41, 5.74) is 5.60. The van der Waals surface area contributed by atoms with Crippen molar-refractivity contribution in [2.24, 2.45) is 0 Å². The van der Waals surface area contributed by atoms with Crippen molar-refractivity contribution in [1.29, 1.82) is 0 Å². The number of rotatable bonds is 3. The van der Waals surface area contributed by atoms with Crippen molar-refractivity contribution >= 4 is 11.7 Å². The molecule has 8 heteroatoms. The first-order chi connectivity index (χ1) is 6.87. The maximum atomic E-state index is 11.6. The van der Waals surface area contributed by atoms with Crippen LogP contribution >= 0.6 is 0 Å². The molecule has 0 unspecified atom stereocenters. The van der Waals surface area contributed by atoms with Crippen LogP contribution in [0.5, 0.6) is 0 Å². The molecular formula is C7H8F3N3O2. The average molecular weight is 223 g/mol. The number of anilines is 1. The number of nitrogen functional groups attached to an aromatic ring is 1. The van der Waals surface area contributed by atoms with Gasteiger partial charge >= 0.3 is 12.1 Å². The molecule has 0 atom stereocenters. The van der Waals surface area contributed by atoms with Crippen LogP contribution in [-0.2, 0) is 16.1 Å². The Hall–Kier alpha value is -1.73. The van der Waals surface area contributed by atoms with Crippen LogP contribution in [0.25, 0.3) is 0 Å². The second-order valence-electron chi connectivity index (χ2n) is 2.75. The number of nitrogens with zero attached hydrogens (tertiary/aromatic N) is 2. The van der Waals surface area contributed by atoms with Crippen LogP contribution in [-0.4, -0.2) is 28.5 Å². The first-order valence-corrected chi connectivity index (χ1v) is 3.87. The van der Waals surface area contributed by atoms with Crippen molar-refractivity contribution in [3.63, 3.8) is 0 Å². The number of hydrogen-bond acceptors (Lipinski definition) is 4. The predicted molar refractivity (Wildman–Crippen MR) is 43.7 cm³/mol. The molecule has 1 rings (SSSR count). The number of alkyl halides is 3. The zero-order valence-corrected chi connectivity index (χ0v) is 7.49. The Morgan fingerprint density at radius 1 is 1.60 bits per heavy atom. The molecule has 0 amide bonds. The first-order valence-electron chi connectivity index (χ1n) is 3.87. The van der Waals surface area contributed by atoms with E-state index in [0.29, 0.717) is 5.69 Å². The third kappa shape index (κ3) is 4.34. The zero-order valence-electron chi connectivity index (χ0n) is 7.49. The maximum absolute atomic E-state index is 11.6. The number of carbonyl (C=O) groups is 1. The minimum Gasteiger partial charge on any atom is -0.455 e. The molecule has 0 aliphatic carbocycles. The predicted octanol–water partition coefficient (Wildman–Crippen LogP) is 0.571. The van der Waals surface area contributed by atoms with Crippen LogP contribution in [0.15, 0.2) is 12.4 Å². The van der Waals surface area contributed by atoms with Crippen molar-refractivity contribution in [2.45, 2.75) is 12.7 Å². The van der Waals surface area contributed by atoms with Gasteiger partial charge in [-0.1, -0.05) is 0 Å². The summed E-state index contributed by atoms with van der Waals surface area (Å²) in [6.07, 6.45) is -1.93. The molecule has 0 fully saturated rings. The third-order valence-corrected chi connectivity index (χ3v) is 1.34. The van der Waals surface area contributed by atoms with Crippen molar-refractivity contribution in [2.75, 3.05) is 12.3 Å². The zero-order chi connectivity index (χ0) is 11.5. The van der Waals surface area contributed by atoms with Crippen molar-refractivity contribution in [1.82, 2.24) is 9.78 Å². The summed E-state index contributed by atoms with van der Waals surface area (Å²) in [4.78, 5) is 10.8. The fraction of sp³-hybridized carbons (Fsp3) is 0.429. The molecule has 0 aliphatic rings. The lowest BCUT2D eigenvalue weighted by atomic mass is 10.6. The van der Waals surface area contributed by atoms with Crippen molar-refractivity contribution in [3.8, 4) is 0 Å². The van der Waals surface area contributed by atoms with Crippen LogP contribution in [0, 0.1) is 0 Å². The summed E-state index contributed by atoms with van der Waals surface area (Å²) in [5.74, 6) is -1.02. The topological polar surface area (TPSA) is 70.1 Å². The molecular weight excluding hydrogens is 215 g/mol. The van der Waals surface area contributed by atoms with E-state index in [1.54, 1.807) is 0 Å². The standard InChI is InChI=1S/C7H8F3N3O2/c8-7(9,10)4-15-6(14)3-13-2-5(11)1-12-13/h1-2H,3-4,11H2. The Morgan fingerprint density at radius 3 is 2.73 bits per heavy atom. The molecule has 1 heterocycles. The fourth-order valence-corrected chi connectivity index (χ4v) is 0.806. The van der Waals surface area contributed by atoms with Gasteiger partial charge < -0.3 is 10.5 Å². The second kappa shape index (κ2) is 4.20. The Morgan fingerprint density at radius 2 is 2.27 bits per heavy atom. The molecule has 0 radical (unpaired) electrons. The van der Waals surface area contributed by atoms with Gasteiger partial charge in [0.05, 0.1) is 11.9 Å². The summed E-state index contributed by atoms with van der Waals surface area (Å²) in [7, 11) is 0. The quantitative estimate of drug-likeness (QED) is 0.760. The van der Waals surface area contributed by atoms with E-state index in [4.69, 9.17) is 5.73 Å². The van der Waals surface area contributed by atoms with Gasteiger partial charge in [0, 0.05) is 6.20 Å². The van der Waals surface area contributed by atoms with Crippen LogP contribution < -0.4 is 5.73 Å². The van der Waals surface area contributed by atoms with E-state index in [9.17, 15) is 18.0 Å². The Labute approximate surface area is 82.6 Å². The molecule has 0 saturated heterocycles. The van der Waals surface area contributed by atoms with Crippen LogP contribution in [0.4, 0.5) is 18.9 Å². The van der Waals surface area contributed by atoms with Crippen LogP contribution in [0.1, 0.15) is 0 Å². The smallest absolute Gasteiger partial charge is 0.422 e. The molecule has 0 spiro atoms. The monoisotopic (exact) mass is 223 g/mol. The van der Waals surface area contributed by atoms with Gasteiger partial charge in [0.1, 0.15) is 6.54 Å². The van der Waals surface area contributed by atoms with E-state index in [2.05, 4.69) is 9.84 Å². The van der Waals surface area contributed by atoms with Gasteiger partial charge in [-0.3, -0.25) is 9.48 Å². The number of esters is 1. The summed E-state index contributed by atoms with van der Waals surface area (Å²) < 4.78 is 40.0. The normalized spacial score (nSPS) is 11.4. The lowest BCUT2D eigenvalue weighted by molar-refractivity contribution is -0.186.